The summed E-state index contributed by atoms with van der Waals surface area (Å²) in [6.45, 7) is 8.41. The van der Waals surface area contributed by atoms with Crippen LogP contribution >= 0.6 is 0 Å². The van der Waals surface area contributed by atoms with Crippen LogP contribution in [0.25, 0.3) is 0 Å². The van der Waals surface area contributed by atoms with Gasteiger partial charge in [-0.05, 0) is 49.9 Å². The van der Waals surface area contributed by atoms with E-state index in [1.54, 1.807) is 11.8 Å². The number of Topliss-reactive ketones (excluding diaryl/α,β-unsaturated/α-hetero) is 1. The molecule has 5 N–H and O–H groups in total. The number of nitrogens with one attached hydrogen (secondary N) is 4. The number of nitrogens with zero attached hydrogens (tertiary/aromatic N) is 3. The molecule has 1 aliphatic carbocycles. The van der Waals surface area contributed by atoms with Crippen molar-refractivity contribution in [2.24, 2.45) is 17.8 Å². The monoisotopic (exact) mass is 671 g/mol. The van der Waals surface area contributed by atoms with Crippen molar-refractivity contribution in [3.05, 3.63) is 24.3 Å². The van der Waals surface area contributed by atoms with Gasteiger partial charge >= 0.3 is 5.97 Å². The molecular weight excluding hydrogens is 622 g/mol. The van der Waals surface area contributed by atoms with E-state index >= 15 is 0 Å². The van der Waals surface area contributed by atoms with Crippen molar-refractivity contribution >= 4 is 41.3 Å². The van der Waals surface area contributed by atoms with E-state index < -0.39 is 72.0 Å². The van der Waals surface area contributed by atoms with Gasteiger partial charge in [-0.25, -0.2) is 4.98 Å². The Morgan fingerprint density at radius 2 is 1.65 bits per heavy atom. The van der Waals surface area contributed by atoms with Crippen molar-refractivity contribution in [1.29, 1.82) is 0 Å². The van der Waals surface area contributed by atoms with E-state index in [0.717, 1.165) is 19.3 Å². The van der Waals surface area contributed by atoms with E-state index in [1.807, 2.05) is 33.0 Å². The van der Waals surface area contributed by atoms with Gasteiger partial charge in [-0.15, -0.1) is 0 Å². The van der Waals surface area contributed by atoms with Gasteiger partial charge in [-0.1, -0.05) is 53.9 Å². The van der Waals surface area contributed by atoms with Gasteiger partial charge in [0.2, 0.25) is 23.5 Å². The summed E-state index contributed by atoms with van der Waals surface area (Å²) in [5, 5.41) is 19.1. The number of carboxylic acid groups (broad SMARTS) is 1. The number of aliphatic carboxylic acids is 1. The summed E-state index contributed by atoms with van der Waals surface area (Å²) in [6.07, 6.45) is 8.68. The number of aromatic nitrogens is 2. The van der Waals surface area contributed by atoms with E-state index in [2.05, 4.69) is 25.9 Å². The molecule has 0 aromatic carbocycles. The maximum atomic E-state index is 14.5. The summed E-state index contributed by atoms with van der Waals surface area (Å²) in [5.41, 5.74) is 0.0473. The van der Waals surface area contributed by atoms with Crippen molar-refractivity contribution in [2.45, 2.75) is 116 Å². The summed E-state index contributed by atoms with van der Waals surface area (Å²) >= 11 is 0. The summed E-state index contributed by atoms with van der Waals surface area (Å²) < 4.78 is 0. The first-order valence-corrected chi connectivity index (χ1v) is 16.8. The largest absolute Gasteiger partial charge is 0.480 e. The van der Waals surface area contributed by atoms with E-state index in [4.69, 9.17) is 5.11 Å². The standard InChI is InChI=1S/C33H49N7O8/c1-6-19(5)27(39-29(44)22(14-18(3)4)38-30(45)23-16-34-12-13-35-23)33(48)40-24-11-9-8-10-20(24)15-25(40)31(46)37-21(7-2)28(43)32(47)36-17-26(41)42/h12-13,16,18-22,24-25,27H,6-11,14-15,17H2,1-5H3,(H,36,47)(H,37,46)(H,38,45)(H,39,44)(H,41,42). The first-order valence-electron chi connectivity index (χ1n) is 16.8. The molecule has 5 amide bonds. The van der Waals surface area contributed by atoms with Gasteiger partial charge in [-0.2, -0.15) is 0 Å². The van der Waals surface area contributed by atoms with Crippen LogP contribution in [0, 0.1) is 17.8 Å². The van der Waals surface area contributed by atoms with Crippen molar-refractivity contribution in [3.8, 4) is 0 Å². The highest BCUT2D eigenvalue weighted by atomic mass is 16.4. The van der Waals surface area contributed by atoms with Gasteiger partial charge in [0.15, 0.2) is 0 Å². The molecule has 7 unspecified atom stereocenters. The predicted octanol–water partition coefficient (Wildman–Crippen LogP) is 0.976. The Kier molecular flexibility index (Phi) is 14.0. The number of carboxylic acids is 1. The first kappa shape index (κ1) is 38.0. The molecule has 48 heavy (non-hydrogen) atoms. The summed E-state index contributed by atoms with van der Waals surface area (Å²) in [7, 11) is 0. The van der Waals surface area contributed by atoms with Gasteiger partial charge < -0.3 is 31.3 Å². The quantitative estimate of drug-likeness (QED) is 0.157. The van der Waals surface area contributed by atoms with Gasteiger partial charge in [0.25, 0.3) is 11.8 Å². The average molecular weight is 672 g/mol. The Balaban J connectivity index is 1.86. The highest BCUT2D eigenvalue weighted by Crippen LogP contribution is 2.40. The van der Waals surface area contributed by atoms with Gasteiger partial charge in [0.05, 0.1) is 12.2 Å². The van der Waals surface area contributed by atoms with Gasteiger partial charge in [0.1, 0.15) is 30.4 Å². The predicted molar refractivity (Wildman–Crippen MR) is 173 cm³/mol. The average Bonchev–Trinajstić information content (AvgIpc) is 3.47. The maximum Gasteiger partial charge on any atom is 0.322 e. The fourth-order valence-corrected chi connectivity index (χ4v) is 6.48. The number of carbonyl (C=O) groups is 7. The minimum Gasteiger partial charge on any atom is -0.480 e. The molecule has 264 valence electrons. The Morgan fingerprint density at radius 3 is 2.25 bits per heavy atom. The normalized spacial score (nSPS) is 21.2. The Hall–Kier alpha value is -4.43. The van der Waals surface area contributed by atoms with E-state index in [0.29, 0.717) is 25.7 Å². The lowest BCUT2D eigenvalue weighted by molar-refractivity contribution is -0.146. The van der Waals surface area contributed by atoms with Crippen molar-refractivity contribution in [1.82, 2.24) is 36.1 Å². The second-order valence-electron chi connectivity index (χ2n) is 13.1. The molecule has 7 atom stereocenters. The molecule has 0 spiro atoms. The summed E-state index contributed by atoms with van der Waals surface area (Å²) in [6, 6.07) is -4.39. The second-order valence-corrected chi connectivity index (χ2v) is 13.1. The lowest BCUT2D eigenvalue weighted by Gasteiger charge is -2.38. The lowest BCUT2D eigenvalue weighted by Crippen LogP contribution is -2.61. The van der Waals surface area contributed by atoms with E-state index in [-0.39, 0.29) is 35.9 Å². The zero-order valence-electron chi connectivity index (χ0n) is 28.4. The summed E-state index contributed by atoms with van der Waals surface area (Å²) in [4.78, 5) is 100. The van der Waals surface area contributed by atoms with Crippen LogP contribution in [0.4, 0.5) is 0 Å². The van der Waals surface area contributed by atoms with Crippen LogP contribution in [0.2, 0.25) is 0 Å². The number of ketones is 1. The number of carbonyl (C=O) groups excluding carboxylic acids is 6. The number of amides is 5. The highest BCUT2D eigenvalue weighted by Gasteiger charge is 2.50. The molecule has 1 saturated heterocycles. The minimum absolute atomic E-state index is 0.0238. The summed E-state index contributed by atoms with van der Waals surface area (Å²) in [5.74, 6) is -5.81. The van der Waals surface area contributed by atoms with Crippen LogP contribution in [0.3, 0.4) is 0 Å². The third-order valence-electron chi connectivity index (χ3n) is 9.21. The topological polar surface area (TPSA) is 217 Å². The van der Waals surface area contributed by atoms with Crippen LogP contribution in [0.5, 0.6) is 0 Å². The molecule has 1 aromatic heterocycles. The maximum absolute atomic E-state index is 14.5. The number of fused-ring (bicyclic) bond motifs is 1. The van der Waals surface area contributed by atoms with Crippen LogP contribution < -0.4 is 21.3 Å². The smallest absolute Gasteiger partial charge is 0.322 e. The van der Waals surface area contributed by atoms with Crippen LogP contribution in [-0.2, 0) is 28.8 Å². The molecule has 2 fully saturated rings. The molecule has 2 heterocycles. The third-order valence-corrected chi connectivity index (χ3v) is 9.21. The van der Waals surface area contributed by atoms with Crippen molar-refractivity contribution < 1.29 is 38.7 Å². The number of rotatable bonds is 16. The minimum atomic E-state index is -1.32. The number of hydrogen-bond donors (Lipinski definition) is 5. The van der Waals surface area contributed by atoms with Crippen molar-refractivity contribution in [3.63, 3.8) is 0 Å². The fourth-order valence-electron chi connectivity index (χ4n) is 6.48. The fraction of sp³-hybridized carbons (Fsp3) is 0.667. The first-order chi connectivity index (χ1) is 22.8. The van der Waals surface area contributed by atoms with E-state index in [1.165, 1.54) is 18.6 Å². The highest BCUT2D eigenvalue weighted by molar-refractivity contribution is 6.38. The molecular formula is C33H49N7O8. The van der Waals surface area contributed by atoms with Crippen molar-refractivity contribution in [2.75, 3.05) is 6.54 Å². The second kappa shape index (κ2) is 17.6. The van der Waals surface area contributed by atoms with E-state index in [9.17, 15) is 33.6 Å². The third kappa shape index (κ3) is 9.80. The Labute approximate surface area is 280 Å². The SMILES string of the molecule is CCC(NC(=O)C1CC2CCCCC2N1C(=O)C(NC(=O)C(CC(C)C)NC(=O)c1cnccn1)C(C)CC)C(=O)C(=O)NCC(=O)O. The molecule has 2 aliphatic rings. The van der Waals surface area contributed by atoms with Crippen LogP contribution in [0.15, 0.2) is 18.6 Å². The Bertz CT molecular complexity index is 1340. The molecule has 3 rings (SSSR count). The molecule has 1 saturated carbocycles. The Morgan fingerprint density at radius 1 is 0.938 bits per heavy atom. The van der Waals surface area contributed by atoms with Gasteiger partial charge in [-0.3, -0.25) is 38.5 Å². The molecule has 15 heteroatoms. The molecule has 15 nitrogen and oxygen atoms in total. The molecule has 0 radical (unpaired) electrons. The lowest BCUT2D eigenvalue weighted by atomic mass is 9.84. The van der Waals surface area contributed by atoms with Crippen LogP contribution in [-0.4, -0.2) is 98.0 Å². The number of hydrogen-bond acceptors (Lipinski definition) is 9. The molecule has 1 aliphatic heterocycles. The van der Waals surface area contributed by atoms with Crippen LogP contribution in [0.1, 0.15) is 96.5 Å². The zero-order valence-corrected chi connectivity index (χ0v) is 28.4. The molecule has 1 aromatic rings. The zero-order chi connectivity index (χ0) is 35.5. The number of likely N-dealkylation sites (tertiary alicyclic amines) is 1. The molecule has 0 bridgehead atoms. The van der Waals surface area contributed by atoms with Gasteiger partial charge in [0, 0.05) is 18.4 Å².